The second kappa shape index (κ2) is 3.33. The van der Waals surface area contributed by atoms with E-state index in [9.17, 15) is 4.79 Å². The van der Waals surface area contributed by atoms with Crippen LogP contribution < -0.4 is 11.1 Å². The lowest BCUT2D eigenvalue weighted by molar-refractivity contribution is -0.120. The van der Waals surface area contributed by atoms with Crippen molar-refractivity contribution in [2.45, 2.75) is 25.3 Å². The molecule has 1 fully saturated rings. The van der Waals surface area contributed by atoms with Gasteiger partial charge in [0.1, 0.15) is 0 Å². The van der Waals surface area contributed by atoms with E-state index in [4.69, 9.17) is 5.73 Å². The first-order valence-electron chi connectivity index (χ1n) is 4.83. The van der Waals surface area contributed by atoms with E-state index in [1.807, 2.05) is 31.2 Å². The highest BCUT2D eigenvalue weighted by atomic mass is 16.2. The molecule has 1 amide bonds. The fourth-order valence-electron chi connectivity index (χ4n) is 1.96. The van der Waals surface area contributed by atoms with E-state index in [0.717, 1.165) is 12.0 Å². The summed E-state index contributed by atoms with van der Waals surface area (Å²) in [6, 6.07) is 7.83. The normalized spacial score (nSPS) is 26.2. The molecular formula is C11H14N2O. The summed E-state index contributed by atoms with van der Waals surface area (Å²) in [5.74, 6) is 0.0293. The summed E-state index contributed by atoms with van der Waals surface area (Å²) in [5, 5.41) is 2.90. The number of rotatable bonds is 1. The van der Waals surface area contributed by atoms with Gasteiger partial charge in [0.25, 0.3) is 0 Å². The van der Waals surface area contributed by atoms with Gasteiger partial charge in [0, 0.05) is 11.7 Å². The highest BCUT2D eigenvalue weighted by Crippen LogP contribution is 2.30. The molecule has 3 N–H and O–H groups in total. The zero-order valence-electron chi connectivity index (χ0n) is 8.16. The van der Waals surface area contributed by atoms with Gasteiger partial charge in [0.05, 0.1) is 5.92 Å². The zero-order valence-corrected chi connectivity index (χ0v) is 8.16. The predicted octanol–water partition coefficient (Wildman–Crippen LogP) is 1.26. The Morgan fingerprint density at radius 1 is 1.43 bits per heavy atom. The molecule has 1 saturated heterocycles. The van der Waals surface area contributed by atoms with Crippen molar-refractivity contribution in [3.05, 3.63) is 29.8 Å². The largest absolute Gasteiger partial charge is 0.398 e. The molecule has 0 aliphatic carbocycles. The van der Waals surface area contributed by atoms with Gasteiger partial charge in [0.2, 0.25) is 5.91 Å². The average molecular weight is 190 g/mol. The molecule has 2 unspecified atom stereocenters. The van der Waals surface area contributed by atoms with Gasteiger partial charge in [-0.25, -0.2) is 0 Å². The van der Waals surface area contributed by atoms with Crippen molar-refractivity contribution in [1.29, 1.82) is 0 Å². The Hall–Kier alpha value is -1.51. The fraction of sp³-hybridized carbons (Fsp3) is 0.364. The lowest BCUT2D eigenvalue weighted by Crippen LogP contribution is -2.23. The van der Waals surface area contributed by atoms with Gasteiger partial charge in [-0.3, -0.25) is 4.79 Å². The van der Waals surface area contributed by atoms with E-state index in [0.29, 0.717) is 5.69 Å². The van der Waals surface area contributed by atoms with Crippen molar-refractivity contribution in [1.82, 2.24) is 5.32 Å². The molecule has 0 spiro atoms. The van der Waals surface area contributed by atoms with Crippen LogP contribution in [0.5, 0.6) is 0 Å². The summed E-state index contributed by atoms with van der Waals surface area (Å²) in [7, 11) is 0. The quantitative estimate of drug-likeness (QED) is 0.655. The van der Waals surface area contributed by atoms with Crippen molar-refractivity contribution in [2.24, 2.45) is 0 Å². The third-order valence-corrected chi connectivity index (χ3v) is 2.67. The second-order valence-corrected chi connectivity index (χ2v) is 3.83. The summed E-state index contributed by atoms with van der Waals surface area (Å²) < 4.78 is 0. The Kier molecular flexibility index (Phi) is 2.15. The molecule has 0 aromatic heterocycles. The van der Waals surface area contributed by atoms with E-state index in [1.165, 1.54) is 0 Å². The summed E-state index contributed by atoms with van der Waals surface area (Å²) in [6.45, 7) is 2.01. The average Bonchev–Trinajstić information content (AvgIpc) is 2.46. The number of hydrogen-bond acceptors (Lipinski definition) is 2. The topological polar surface area (TPSA) is 55.1 Å². The fourth-order valence-corrected chi connectivity index (χ4v) is 1.96. The summed E-state index contributed by atoms with van der Waals surface area (Å²) >= 11 is 0. The highest BCUT2D eigenvalue weighted by molar-refractivity contribution is 5.87. The molecule has 2 atom stereocenters. The zero-order chi connectivity index (χ0) is 10.1. The number of nitrogens with one attached hydrogen (secondary N) is 1. The van der Waals surface area contributed by atoms with Crippen molar-refractivity contribution in [2.75, 3.05) is 5.73 Å². The SMILES string of the molecule is CC1CC(c2ccccc2N)C(=O)N1. The van der Waals surface area contributed by atoms with E-state index < -0.39 is 0 Å². The molecule has 0 radical (unpaired) electrons. The lowest BCUT2D eigenvalue weighted by atomic mass is 9.95. The number of benzene rings is 1. The maximum Gasteiger partial charge on any atom is 0.227 e. The molecule has 0 bridgehead atoms. The molecule has 2 rings (SSSR count). The van der Waals surface area contributed by atoms with Gasteiger partial charge < -0.3 is 11.1 Å². The van der Waals surface area contributed by atoms with E-state index in [-0.39, 0.29) is 17.9 Å². The predicted molar refractivity (Wildman–Crippen MR) is 55.8 cm³/mol. The molecule has 3 nitrogen and oxygen atoms in total. The minimum Gasteiger partial charge on any atom is -0.398 e. The molecule has 1 aliphatic heterocycles. The van der Waals surface area contributed by atoms with E-state index in [2.05, 4.69) is 5.32 Å². The summed E-state index contributed by atoms with van der Waals surface area (Å²) in [5.41, 5.74) is 7.49. The Balaban J connectivity index is 2.32. The van der Waals surface area contributed by atoms with Crippen LogP contribution in [0.4, 0.5) is 5.69 Å². The maximum atomic E-state index is 11.6. The van der Waals surface area contributed by atoms with Crippen LogP contribution in [-0.2, 0) is 4.79 Å². The minimum atomic E-state index is -0.0637. The van der Waals surface area contributed by atoms with Crippen LogP contribution in [0.15, 0.2) is 24.3 Å². The van der Waals surface area contributed by atoms with Gasteiger partial charge in [-0.2, -0.15) is 0 Å². The van der Waals surface area contributed by atoms with Gasteiger partial charge >= 0.3 is 0 Å². The summed E-state index contributed by atoms with van der Waals surface area (Å²) in [6.07, 6.45) is 0.840. The molecule has 14 heavy (non-hydrogen) atoms. The van der Waals surface area contributed by atoms with Crippen LogP contribution in [0.25, 0.3) is 0 Å². The number of amides is 1. The van der Waals surface area contributed by atoms with Gasteiger partial charge in [-0.1, -0.05) is 18.2 Å². The molecule has 0 saturated carbocycles. The van der Waals surface area contributed by atoms with Crippen LogP contribution in [-0.4, -0.2) is 11.9 Å². The number of hydrogen-bond donors (Lipinski definition) is 2. The first kappa shape index (κ1) is 9.06. The van der Waals surface area contributed by atoms with Crippen LogP contribution in [0.1, 0.15) is 24.8 Å². The first-order valence-corrected chi connectivity index (χ1v) is 4.83. The Labute approximate surface area is 83.3 Å². The molecule has 1 aliphatic rings. The number of carbonyl (C=O) groups is 1. The van der Waals surface area contributed by atoms with Crippen LogP contribution in [0, 0.1) is 0 Å². The molecule has 1 aromatic rings. The molecule has 1 aromatic carbocycles. The number of anilines is 1. The van der Waals surface area contributed by atoms with Crippen molar-refractivity contribution in [3.8, 4) is 0 Å². The third kappa shape index (κ3) is 1.45. The Bertz CT molecular complexity index is 362. The molecular weight excluding hydrogens is 176 g/mol. The molecule has 3 heteroatoms. The Morgan fingerprint density at radius 2 is 2.14 bits per heavy atom. The number of para-hydroxylation sites is 1. The van der Waals surface area contributed by atoms with Crippen molar-refractivity contribution < 1.29 is 4.79 Å². The smallest absolute Gasteiger partial charge is 0.227 e. The van der Waals surface area contributed by atoms with Crippen LogP contribution in [0.3, 0.4) is 0 Å². The maximum absolute atomic E-state index is 11.6. The molecule has 74 valence electrons. The van der Waals surface area contributed by atoms with Gasteiger partial charge in [-0.15, -0.1) is 0 Å². The lowest BCUT2D eigenvalue weighted by Gasteiger charge is -2.09. The van der Waals surface area contributed by atoms with E-state index >= 15 is 0 Å². The van der Waals surface area contributed by atoms with Crippen LogP contribution >= 0.6 is 0 Å². The standard InChI is InChI=1S/C11H14N2O/c1-7-6-9(11(14)13-7)8-4-2-3-5-10(8)12/h2-5,7,9H,6,12H2,1H3,(H,13,14). The number of nitrogens with two attached hydrogens (primary N) is 1. The second-order valence-electron chi connectivity index (χ2n) is 3.83. The highest BCUT2D eigenvalue weighted by Gasteiger charge is 2.31. The van der Waals surface area contributed by atoms with Crippen LogP contribution in [0.2, 0.25) is 0 Å². The summed E-state index contributed by atoms with van der Waals surface area (Å²) in [4.78, 5) is 11.6. The van der Waals surface area contributed by atoms with Crippen molar-refractivity contribution >= 4 is 11.6 Å². The minimum absolute atomic E-state index is 0.0637. The first-order chi connectivity index (χ1) is 6.68. The Morgan fingerprint density at radius 3 is 2.71 bits per heavy atom. The number of carbonyl (C=O) groups excluding carboxylic acids is 1. The number of nitrogen functional groups attached to an aromatic ring is 1. The van der Waals surface area contributed by atoms with Crippen molar-refractivity contribution in [3.63, 3.8) is 0 Å². The monoisotopic (exact) mass is 190 g/mol. The van der Waals surface area contributed by atoms with E-state index in [1.54, 1.807) is 0 Å². The van der Waals surface area contributed by atoms with Gasteiger partial charge in [-0.05, 0) is 25.0 Å². The third-order valence-electron chi connectivity index (χ3n) is 2.67. The van der Waals surface area contributed by atoms with Gasteiger partial charge in [0.15, 0.2) is 0 Å². The molecule has 1 heterocycles.